The van der Waals surface area contributed by atoms with Crippen LogP contribution in [-0.4, -0.2) is 5.78 Å². The summed E-state index contributed by atoms with van der Waals surface area (Å²) in [7, 11) is 0. The van der Waals surface area contributed by atoms with Gasteiger partial charge in [0.05, 0.1) is 0 Å². The Hall–Kier alpha value is -1.93. The number of ketones is 1. The van der Waals surface area contributed by atoms with E-state index < -0.39 is 0 Å². The van der Waals surface area contributed by atoms with Gasteiger partial charge in [-0.2, -0.15) is 0 Å². The molecule has 0 N–H and O–H groups in total. The molecular weight excluding hydrogens is 228 g/mol. The average molecular weight is 236 g/mol. The molecule has 1 aliphatic carbocycles. The smallest absolute Gasteiger partial charge is 0.195 e. The Balaban J connectivity index is 2.19. The van der Waals surface area contributed by atoms with E-state index in [9.17, 15) is 4.79 Å². The zero-order valence-electron chi connectivity index (χ0n) is 8.94. The van der Waals surface area contributed by atoms with Crippen LogP contribution in [0.5, 0.6) is 0 Å². The van der Waals surface area contributed by atoms with Gasteiger partial charge in [-0.15, -0.1) is 11.3 Å². The van der Waals surface area contributed by atoms with Gasteiger partial charge in [-0.25, -0.2) is 0 Å². The van der Waals surface area contributed by atoms with E-state index in [1.807, 2.05) is 42.5 Å². The molecule has 0 radical (unpaired) electrons. The third-order valence-corrected chi connectivity index (χ3v) is 4.44. The quantitative estimate of drug-likeness (QED) is 0.449. The van der Waals surface area contributed by atoms with Crippen LogP contribution in [0.25, 0.3) is 20.5 Å². The lowest BCUT2D eigenvalue weighted by Gasteiger charge is -1.96. The number of fused-ring (bicyclic) bond motifs is 5. The van der Waals surface area contributed by atoms with Gasteiger partial charge < -0.3 is 0 Å². The number of hydrogen-bond donors (Lipinski definition) is 0. The van der Waals surface area contributed by atoms with E-state index >= 15 is 0 Å². The summed E-state index contributed by atoms with van der Waals surface area (Å²) in [5.41, 5.74) is 2.83. The molecule has 3 aromatic rings. The molecule has 17 heavy (non-hydrogen) atoms. The standard InChI is InChI=1S/C15H8OS/c16-14-9-5-1-2-6-10(9)15-13(14)11-7-3-4-8-12(11)17-15/h1-8H. The van der Waals surface area contributed by atoms with Crippen molar-refractivity contribution in [1.29, 1.82) is 0 Å². The van der Waals surface area contributed by atoms with Crippen LogP contribution in [0, 0.1) is 0 Å². The molecule has 0 bridgehead atoms. The van der Waals surface area contributed by atoms with E-state index in [0.717, 1.165) is 27.0 Å². The van der Waals surface area contributed by atoms with E-state index in [1.54, 1.807) is 11.3 Å². The van der Waals surface area contributed by atoms with E-state index in [1.165, 1.54) is 4.70 Å². The van der Waals surface area contributed by atoms with Gasteiger partial charge in [-0.1, -0.05) is 42.5 Å². The number of carbonyl (C=O) groups excluding carboxylic acids is 1. The van der Waals surface area contributed by atoms with Crippen LogP contribution in [0.3, 0.4) is 0 Å². The highest BCUT2D eigenvalue weighted by Gasteiger charge is 2.30. The Morgan fingerprint density at radius 1 is 0.824 bits per heavy atom. The van der Waals surface area contributed by atoms with Crippen molar-refractivity contribution >= 4 is 27.2 Å². The zero-order chi connectivity index (χ0) is 11.4. The molecule has 0 fully saturated rings. The predicted molar refractivity (Wildman–Crippen MR) is 70.7 cm³/mol. The maximum absolute atomic E-state index is 12.4. The van der Waals surface area contributed by atoms with E-state index in [2.05, 4.69) is 6.07 Å². The minimum absolute atomic E-state index is 0.174. The number of rotatable bonds is 0. The van der Waals surface area contributed by atoms with E-state index in [4.69, 9.17) is 0 Å². The topological polar surface area (TPSA) is 17.1 Å². The van der Waals surface area contributed by atoms with Crippen LogP contribution in [-0.2, 0) is 0 Å². The molecule has 80 valence electrons. The number of thiophene rings is 1. The second-order valence-corrected chi connectivity index (χ2v) is 5.23. The summed E-state index contributed by atoms with van der Waals surface area (Å²) in [5.74, 6) is 0.174. The molecule has 2 aromatic carbocycles. The highest BCUT2D eigenvalue weighted by atomic mass is 32.1. The van der Waals surface area contributed by atoms with Crippen molar-refractivity contribution < 1.29 is 4.79 Å². The van der Waals surface area contributed by atoms with Gasteiger partial charge in [0.2, 0.25) is 0 Å². The highest BCUT2D eigenvalue weighted by molar-refractivity contribution is 7.23. The van der Waals surface area contributed by atoms with Crippen molar-refractivity contribution in [2.24, 2.45) is 0 Å². The lowest BCUT2D eigenvalue weighted by molar-refractivity contribution is 0.104. The summed E-state index contributed by atoms with van der Waals surface area (Å²) in [5, 5.41) is 1.09. The Bertz CT molecular complexity index is 767. The molecule has 2 heteroatoms. The monoisotopic (exact) mass is 236 g/mol. The van der Waals surface area contributed by atoms with Gasteiger partial charge in [0.1, 0.15) is 0 Å². The maximum Gasteiger partial charge on any atom is 0.195 e. The van der Waals surface area contributed by atoms with Gasteiger partial charge in [0, 0.05) is 31.7 Å². The summed E-state index contributed by atoms with van der Waals surface area (Å²) < 4.78 is 1.19. The summed E-state index contributed by atoms with van der Waals surface area (Å²) in [6, 6.07) is 16.0. The van der Waals surface area contributed by atoms with Crippen molar-refractivity contribution in [3.05, 3.63) is 59.7 Å². The lowest BCUT2D eigenvalue weighted by Crippen LogP contribution is -1.94. The first-order chi connectivity index (χ1) is 8.36. The van der Waals surface area contributed by atoms with Crippen LogP contribution in [0.15, 0.2) is 48.5 Å². The minimum atomic E-state index is 0.174. The SMILES string of the molecule is O=C1c2ccccc2-c2sc3ccccc3c21. The average Bonchev–Trinajstić information content (AvgIpc) is 2.88. The highest BCUT2D eigenvalue weighted by Crippen LogP contribution is 2.45. The van der Waals surface area contributed by atoms with Crippen LogP contribution in [0.4, 0.5) is 0 Å². The van der Waals surface area contributed by atoms with Gasteiger partial charge in [-0.3, -0.25) is 4.79 Å². The molecule has 1 heterocycles. The molecule has 0 spiro atoms. The first-order valence-electron chi connectivity index (χ1n) is 5.52. The molecule has 0 saturated heterocycles. The van der Waals surface area contributed by atoms with E-state index in [0.29, 0.717) is 0 Å². The largest absolute Gasteiger partial charge is 0.289 e. The van der Waals surface area contributed by atoms with Gasteiger partial charge in [-0.05, 0) is 6.07 Å². The molecule has 0 amide bonds. The molecule has 4 rings (SSSR count). The number of carbonyl (C=O) groups is 1. The molecular formula is C15H8OS. The first kappa shape index (κ1) is 9.14. The Kier molecular flexibility index (Phi) is 1.64. The van der Waals surface area contributed by atoms with Crippen molar-refractivity contribution in [3.8, 4) is 10.4 Å². The fraction of sp³-hybridized carbons (Fsp3) is 0. The number of benzene rings is 2. The number of hydrogen-bond acceptors (Lipinski definition) is 2. The normalized spacial score (nSPS) is 12.8. The van der Waals surface area contributed by atoms with Crippen LogP contribution < -0.4 is 0 Å². The molecule has 0 atom stereocenters. The fourth-order valence-corrected chi connectivity index (χ4v) is 3.71. The zero-order valence-corrected chi connectivity index (χ0v) is 9.75. The fourth-order valence-electron chi connectivity index (χ4n) is 2.47. The second kappa shape index (κ2) is 3.05. The molecule has 0 unspecified atom stereocenters. The summed E-state index contributed by atoms with van der Waals surface area (Å²) in [6.07, 6.45) is 0. The Morgan fingerprint density at radius 3 is 2.41 bits per heavy atom. The minimum Gasteiger partial charge on any atom is -0.289 e. The molecule has 1 nitrogen and oxygen atoms in total. The Morgan fingerprint density at radius 2 is 1.53 bits per heavy atom. The first-order valence-corrected chi connectivity index (χ1v) is 6.33. The Labute approximate surface area is 102 Å². The van der Waals surface area contributed by atoms with Crippen LogP contribution in [0.1, 0.15) is 15.9 Å². The summed E-state index contributed by atoms with van der Waals surface area (Å²) in [6.45, 7) is 0. The third-order valence-electron chi connectivity index (χ3n) is 3.24. The molecule has 1 aromatic heterocycles. The second-order valence-electron chi connectivity index (χ2n) is 4.18. The summed E-state index contributed by atoms with van der Waals surface area (Å²) in [4.78, 5) is 13.5. The molecule has 0 aliphatic heterocycles. The van der Waals surface area contributed by atoms with E-state index in [-0.39, 0.29) is 5.78 Å². The van der Waals surface area contributed by atoms with Gasteiger partial charge >= 0.3 is 0 Å². The lowest BCUT2D eigenvalue weighted by atomic mass is 10.1. The van der Waals surface area contributed by atoms with Gasteiger partial charge in [0.25, 0.3) is 0 Å². The van der Waals surface area contributed by atoms with Crippen molar-refractivity contribution in [2.75, 3.05) is 0 Å². The summed E-state index contributed by atoms with van der Waals surface area (Å²) >= 11 is 1.71. The molecule has 1 aliphatic rings. The van der Waals surface area contributed by atoms with Crippen molar-refractivity contribution in [2.45, 2.75) is 0 Å². The maximum atomic E-state index is 12.4. The van der Waals surface area contributed by atoms with Crippen LogP contribution in [0.2, 0.25) is 0 Å². The third kappa shape index (κ3) is 1.06. The van der Waals surface area contributed by atoms with Crippen LogP contribution >= 0.6 is 11.3 Å². The van der Waals surface area contributed by atoms with Crippen molar-refractivity contribution in [1.82, 2.24) is 0 Å². The predicted octanol–water partition coefficient (Wildman–Crippen LogP) is 4.11. The molecule has 0 saturated carbocycles. The van der Waals surface area contributed by atoms with Gasteiger partial charge in [0.15, 0.2) is 5.78 Å². The van der Waals surface area contributed by atoms with Crippen molar-refractivity contribution in [3.63, 3.8) is 0 Å².